The number of rotatable bonds is 9. The number of aromatic nitrogens is 1. The van der Waals surface area contributed by atoms with Gasteiger partial charge >= 0.3 is 6.18 Å². The number of alkyl halides is 3. The van der Waals surface area contributed by atoms with Crippen molar-refractivity contribution < 1.29 is 23.0 Å². The number of pyridine rings is 1. The summed E-state index contributed by atoms with van der Waals surface area (Å²) in [6.45, 7) is 0.595. The Kier molecular flexibility index (Phi) is 8.34. The van der Waals surface area contributed by atoms with Gasteiger partial charge in [0.25, 0.3) is 0 Å². The topological polar surface area (TPSA) is 45.6 Å². The first-order valence-corrected chi connectivity index (χ1v) is 13.7. The summed E-state index contributed by atoms with van der Waals surface area (Å²) < 4.78 is 45.5. The highest BCUT2D eigenvalue weighted by molar-refractivity contribution is 5.86. The van der Waals surface area contributed by atoms with Gasteiger partial charge in [0.1, 0.15) is 5.60 Å². The van der Waals surface area contributed by atoms with Crippen LogP contribution in [0.15, 0.2) is 109 Å². The van der Waals surface area contributed by atoms with E-state index < -0.39 is 23.3 Å². The van der Waals surface area contributed by atoms with Gasteiger partial charge in [0.2, 0.25) is 5.88 Å². The number of hydrogen-bond donors (Lipinski definition) is 1. The van der Waals surface area contributed by atoms with E-state index in [1.54, 1.807) is 6.20 Å². The standard InChI is InChI=1S/C35H33F3N2O2/c1-40(2)21-20-34(41,31-15-9-13-25-10-7-8-14-29(25)31)32(26-11-5-4-6-12-26)30-22-27(23-39-33(30)42-3)24-16-18-28(19-17-24)35(36,37)38/h4-19,22-23,32,41H,20-21H2,1-3H3. The number of methoxy groups -OCH3 is 1. The molecule has 7 heteroatoms. The lowest BCUT2D eigenvalue weighted by Crippen LogP contribution is -2.38. The van der Waals surface area contributed by atoms with Crippen LogP contribution in [0, 0.1) is 0 Å². The van der Waals surface area contributed by atoms with Gasteiger partial charge in [0.05, 0.1) is 12.7 Å². The maximum absolute atomic E-state index is 13.3. The Balaban J connectivity index is 1.76. The molecule has 1 aromatic heterocycles. The third-order valence-corrected chi connectivity index (χ3v) is 7.74. The Morgan fingerprint density at radius 1 is 0.833 bits per heavy atom. The van der Waals surface area contributed by atoms with Crippen molar-refractivity contribution in [1.82, 2.24) is 9.88 Å². The summed E-state index contributed by atoms with van der Waals surface area (Å²) in [7, 11) is 5.46. The van der Waals surface area contributed by atoms with Gasteiger partial charge in [-0.3, -0.25) is 0 Å². The summed E-state index contributed by atoms with van der Waals surface area (Å²) in [5.41, 5.74) is 1.33. The minimum atomic E-state index is -4.43. The lowest BCUT2D eigenvalue weighted by atomic mass is 9.70. The van der Waals surface area contributed by atoms with E-state index in [2.05, 4.69) is 4.98 Å². The third kappa shape index (κ3) is 5.89. The summed E-state index contributed by atoms with van der Waals surface area (Å²) in [6, 6.07) is 30.5. The maximum Gasteiger partial charge on any atom is 0.416 e. The molecule has 0 aliphatic carbocycles. The molecule has 0 fully saturated rings. The van der Waals surface area contributed by atoms with E-state index in [9.17, 15) is 18.3 Å². The average molecular weight is 571 g/mol. The smallest absolute Gasteiger partial charge is 0.416 e. The quantitative estimate of drug-likeness (QED) is 0.196. The predicted octanol–water partition coefficient (Wildman–Crippen LogP) is 7.90. The van der Waals surface area contributed by atoms with Crippen molar-refractivity contribution in [2.75, 3.05) is 27.7 Å². The van der Waals surface area contributed by atoms with Crippen LogP contribution in [0.25, 0.3) is 21.9 Å². The average Bonchev–Trinajstić information content (AvgIpc) is 3.00. The van der Waals surface area contributed by atoms with E-state index in [0.717, 1.165) is 34.0 Å². The van der Waals surface area contributed by atoms with Crippen LogP contribution in [0.1, 0.15) is 34.6 Å². The zero-order chi connectivity index (χ0) is 29.9. The second-order valence-electron chi connectivity index (χ2n) is 10.7. The molecule has 0 aliphatic rings. The summed E-state index contributed by atoms with van der Waals surface area (Å²) in [6.07, 6.45) is -2.45. The molecule has 5 rings (SSSR count). The van der Waals surface area contributed by atoms with Crippen molar-refractivity contribution in [2.45, 2.75) is 24.1 Å². The van der Waals surface area contributed by atoms with E-state index in [0.29, 0.717) is 35.5 Å². The third-order valence-electron chi connectivity index (χ3n) is 7.74. The van der Waals surface area contributed by atoms with E-state index >= 15 is 0 Å². The molecular weight excluding hydrogens is 537 g/mol. The molecule has 0 saturated carbocycles. The van der Waals surface area contributed by atoms with Crippen molar-refractivity contribution in [3.8, 4) is 17.0 Å². The van der Waals surface area contributed by atoms with Gasteiger partial charge in [-0.1, -0.05) is 84.9 Å². The van der Waals surface area contributed by atoms with Crippen molar-refractivity contribution in [3.63, 3.8) is 0 Å². The first kappa shape index (κ1) is 29.3. The molecule has 0 amide bonds. The van der Waals surface area contributed by atoms with Crippen LogP contribution in [-0.4, -0.2) is 42.7 Å². The predicted molar refractivity (Wildman–Crippen MR) is 161 cm³/mol. The zero-order valence-corrected chi connectivity index (χ0v) is 23.8. The van der Waals surface area contributed by atoms with E-state index in [1.165, 1.54) is 19.2 Å². The second kappa shape index (κ2) is 12.0. The maximum atomic E-state index is 13.3. The first-order chi connectivity index (χ1) is 20.1. The Labute approximate surface area is 244 Å². The van der Waals surface area contributed by atoms with Gasteiger partial charge in [-0.05, 0) is 66.2 Å². The molecule has 2 atom stereocenters. The molecule has 5 aromatic rings. The fourth-order valence-corrected chi connectivity index (χ4v) is 5.65. The van der Waals surface area contributed by atoms with E-state index in [4.69, 9.17) is 4.74 Å². The minimum Gasteiger partial charge on any atom is -0.481 e. The van der Waals surface area contributed by atoms with Gasteiger partial charge < -0.3 is 14.7 Å². The number of ether oxygens (including phenoxy) is 1. The lowest BCUT2D eigenvalue weighted by molar-refractivity contribution is -0.137. The van der Waals surface area contributed by atoms with Crippen LogP contribution >= 0.6 is 0 Å². The van der Waals surface area contributed by atoms with Crippen LogP contribution < -0.4 is 4.74 Å². The van der Waals surface area contributed by atoms with Crippen LogP contribution in [0.2, 0.25) is 0 Å². The normalized spacial score (nSPS) is 14.1. The van der Waals surface area contributed by atoms with Gasteiger partial charge in [-0.25, -0.2) is 4.98 Å². The molecule has 0 bridgehead atoms. The van der Waals surface area contributed by atoms with Crippen molar-refractivity contribution in [1.29, 1.82) is 0 Å². The number of halogens is 3. The van der Waals surface area contributed by atoms with Gasteiger partial charge in [-0.15, -0.1) is 0 Å². The fourth-order valence-electron chi connectivity index (χ4n) is 5.65. The van der Waals surface area contributed by atoms with Crippen LogP contribution in [-0.2, 0) is 11.8 Å². The largest absolute Gasteiger partial charge is 0.481 e. The van der Waals surface area contributed by atoms with E-state index in [1.807, 2.05) is 97.9 Å². The summed E-state index contributed by atoms with van der Waals surface area (Å²) in [5, 5.41) is 15.0. The van der Waals surface area contributed by atoms with Crippen molar-refractivity contribution >= 4 is 10.8 Å². The monoisotopic (exact) mass is 570 g/mol. The molecule has 216 valence electrons. The minimum absolute atomic E-state index is 0.336. The molecule has 1 N–H and O–H groups in total. The van der Waals surface area contributed by atoms with Crippen LogP contribution in [0.5, 0.6) is 5.88 Å². The summed E-state index contributed by atoms with van der Waals surface area (Å²) in [4.78, 5) is 6.62. The molecule has 42 heavy (non-hydrogen) atoms. The highest BCUT2D eigenvalue weighted by Gasteiger charge is 2.43. The first-order valence-electron chi connectivity index (χ1n) is 13.7. The molecule has 0 aliphatic heterocycles. The lowest BCUT2D eigenvalue weighted by Gasteiger charge is -2.39. The summed E-state index contributed by atoms with van der Waals surface area (Å²) in [5.74, 6) is -0.288. The number of hydrogen-bond acceptors (Lipinski definition) is 4. The number of nitrogens with zero attached hydrogens (tertiary/aromatic N) is 2. The fraction of sp³-hybridized carbons (Fsp3) is 0.229. The molecule has 4 nitrogen and oxygen atoms in total. The molecule has 2 unspecified atom stereocenters. The van der Waals surface area contributed by atoms with Gasteiger partial charge in [0, 0.05) is 29.8 Å². The van der Waals surface area contributed by atoms with Crippen molar-refractivity contribution in [3.05, 3.63) is 132 Å². The summed E-state index contributed by atoms with van der Waals surface area (Å²) >= 11 is 0. The Morgan fingerprint density at radius 2 is 1.50 bits per heavy atom. The Bertz CT molecular complexity index is 1650. The highest BCUT2D eigenvalue weighted by atomic mass is 19.4. The molecule has 4 aromatic carbocycles. The SMILES string of the molecule is COc1ncc(-c2ccc(C(F)(F)F)cc2)cc1C(c1ccccc1)C(O)(CCN(C)C)c1cccc2ccccc12. The molecular formula is C35H33F3N2O2. The molecule has 0 radical (unpaired) electrons. The van der Waals surface area contributed by atoms with Crippen LogP contribution in [0.4, 0.5) is 13.2 Å². The second-order valence-corrected chi connectivity index (χ2v) is 10.7. The number of aliphatic hydroxyl groups is 1. The van der Waals surface area contributed by atoms with E-state index in [-0.39, 0.29) is 0 Å². The van der Waals surface area contributed by atoms with Crippen LogP contribution in [0.3, 0.4) is 0 Å². The Morgan fingerprint density at radius 3 is 2.17 bits per heavy atom. The number of fused-ring (bicyclic) bond motifs is 1. The van der Waals surface area contributed by atoms with Gasteiger partial charge in [0.15, 0.2) is 0 Å². The molecule has 0 spiro atoms. The molecule has 1 heterocycles. The highest BCUT2D eigenvalue weighted by Crippen LogP contribution is 2.49. The van der Waals surface area contributed by atoms with Crippen molar-refractivity contribution in [2.24, 2.45) is 0 Å². The Hall–Kier alpha value is -4.20. The zero-order valence-electron chi connectivity index (χ0n) is 23.8. The number of benzene rings is 4. The molecule has 0 saturated heterocycles. The van der Waals surface area contributed by atoms with Gasteiger partial charge in [-0.2, -0.15) is 13.2 Å².